The third kappa shape index (κ3) is 3.93. The Morgan fingerprint density at radius 3 is 2.33 bits per heavy atom. The summed E-state index contributed by atoms with van der Waals surface area (Å²) in [4.78, 5) is 0. The van der Waals surface area contributed by atoms with Crippen LogP contribution in [0.25, 0.3) is 0 Å². The van der Waals surface area contributed by atoms with Gasteiger partial charge in [-0.25, -0.2) is 0 Å². The fourth-order valence-electron chi connectivity index (χ4n) is 1.50. The Labute approximate surface area is 101 Å². The predicted octanol–water partition coefficient (Wildman–Crippen LogP) is 2.49. The topological polar surface area (TPSA) is 24.1 Å². The SMILES string of the molecule is CNCNCC(C)(C)c1ccc(Br)cc1. The van der Waals surface area contributed by atoms with Crippen molar-refractivity contribution in [2.45, 2.75) is 19.3 Å². The van der Waals surface area contributed by atoms with Gasteiger partial charge in [0.2, 0.25) is 0 Å². The molecule has 0 bridgehead atoms. The van der Waals surface area contributed by atoms with Crippen LogP contribution in [0.1, 0.15) is 19.4 Å². The zero-order chi connectivity index (χ0) is 11.3. The summed E-state index contributed by atoms with van der Waals surface area (Å²) < 4.78 is 1.13. The van der Waals surface area contributed by atoms with Crippen LogP contribution >= 0.6 is 15.9 Å². The first-order valence-electron chi connectivity index (χ1n) is 5.17. The second kappa shape index (κ2) is 5.64. The quantitative estimate of drug-likeness (QED) is 0.635. The molecular formula is C12H19BrN2. The molecule has 1 aromatic carbocycles. The van der Waals surface area contributed by atoms with E-state index in [1.54, 1.807) is 0 Å². The highest BCUT2D eigenvalue weighted by Gasteiger charge is 2.19. The number of nitrogens with one attached hydrogen (secondary N) is 2. The van der Waals surface area contributed by atoms with Gasteiger partial charge in [0.1, 0.15) is 0 Å². The van der Waals surface area contributed by atoms with E-state index in [4.69, 9.17) is 0 Å². The molecule has 0 aliphatic rings. The van der Waals surface area contributed by atoms with Crippen molar-refractivity contribution >= 4 is 15.9 Å². The average molecular weight is 271 g/mol. The first kappa shape index (κ1) is 12.7. The van der Waals surface area contributed by atoms with Crippen molar-refractivity contribution in [1.29, 1.82) is 0 Å². The zero-order valence-corrected chi connectivity index (χ0v) is 11.2. The van der Waals surface area contributed by atoms with Gasteiger partial charge in [0.05, 0.1) is 0 Å². The van der Waals surface area contributed by atoms with Crippen LogP contribution in [0.5, 0.6) is 0 Å². The van der Waals surface area contributed by atoms with E-state index >= 15 is 0 Å². The molecule has 0 fully saturated rings. The summed E-state index contributed by atoms with van der Waals surface area (Å²) in [6.07, 6.45) is 0. The van der Waals surface area contributed by atoms with Gasteiger partial charge in [-0.1, -0.05) is 41.9 Å². The van der Waals surface area contributed by atoms with Gasteiger partial charge in [0, 0.05) is 23.1 Å². The average Bonchev–Trinajstić information content (AvgIpc) is 2.18. The second-order valence-corrected chi connectivity index (χ2v) is 5.26. The highest BCUT2D eigenvalue weighted by Crippen LogP contribution is 2.23. The highest BCUT2D eigenvalue weighted by molar-refractivity contribution is 9.10. The number of benzene rings is 1. The van der Waals surface area contributed by atoms with Gasteiger partial charge in [0.25, 0.3) is 0 Å². The molecule has 0 saturated carbocycles. The van der Waals surface area contributed by atoms with Gasteiger partial charge >= 0.3 is 0 Å². The number of halogens is 1. The van der Waals surface area contributed by atoms with Crippen LogP contribution in [0.15, 0.2) is 28.7 Å². The van der Waals surface area contributed by atoms with E-state index in [-0.39, 0.29) is 5.41 Å². The molecule has 15 heavy (non-hydrogen) atoms. The Hall–Kier alpha value is -0.380. The third-order valence-electron chi connectivity index (χ3n) is 2.49. The number of rotatable bonds is 5. The summed E-state index contributed by atoms with van der Waals surface area (Å²) in [6, 6.07) is 8.53. The Morgan fingerprint density at radius 2 is 1.80 bits per heavy atom. The maximum absolute atomic E-state index is 3.45. The molecule has 84 valence electrons. The minimum atomic E-state index is 0.164. The monoisotopic (exact) mass is 270 g/mol. The molecule has 2 N–H and O–H groups in total. The minimum Gasteiger partial charge on any atom is -0.308 e. The Kier molecular flexibility index (Phi) is 4.77. The molecule has 0 saturated heterocycles. The van der Waals surface area contributed by atoms with Crippen LogP contribution in [0, 0.1) is 0 Å². The van der Waals surface area contributed by atoms with Crippen molar-refractivity contribution in [3.05, 3.63) is 34.3 Å². The molecule has 0 amide bonds. The lowest BCUT2D eigenvalue weighted by Gasteiger charge is -2.25. The van der Waals surface area contributed by atoms with Gasteiger partial charge in [-0.05, 0) is 24.7 Å². The number of hydrogen-bond acceptors (Lipinski definition) is 2. The van der Waals surface area contributed by atoms with Crippen molar-refractivity contribution in [3.63, 3.8) is 0 Å². The first-order chi connectivity index (χ1) is 7.06. The maximum Gasteiger partial charge on any atom is 0.0452 e. The molecule has 3 heteroatoms. The molecule has 0 aromatic heterocycles. The molecule has 0 spiro atoms. The van der Waals surface area contributed by atoms with Gasteiger partial charge in [-0.15, -0.1) is 0 Å². The van der Waals surface area contributed by atoms with Crippen molar-refractivity contribution in [2.75, 3.05) is 20.3 Å². The largest absolute Gasteiger partial charge is 0.308 e. The van der Waals surface area contributed by atoms with Crippen molar-refractivity contribution in [3.8, 4) is 0 Å². The smallest absolute Gasteiger partial charge is 0.0452 e. The molecule has 0 radical (unpaired) electrons. The fraction of sp³-hybridized carbons (Fsp3) is 0.500. The molecule has 0 aliphatic carbocycles. The third-order valence-corrected chi connectivity index (χ3v) is 3.02. The lowest BCUT2D eigenvalue weighted by molar-refractivity contribution is 0.460. The second-order valence-electron chi connectivity index (χ2n) is 4.35. The zero-order valence-electron chi connectivity index (χ0n) is 9.60. The summed E-state index contributed by atoms with van der Waals surface area (Å²) in [5.74, 6) is 0. The maximum atomic E-state index is 3.45. The highest BCUT2D eigenvalue weighted by atomic mass is 79.9. The van der Waals surface area contributed by atoms with Crippen LogP contribution in [-0.4, -0.2) is 20.3 Å². The molecule has 0 heterocycles. The molecule has 1 rings (SSSR count). The van der Waals surface area contributed by atoms with Crippen LogP contribution < -0.4 is 10.6 Å². The molecule has 0 unspecified atom stereocenters. The van der Waals surface area contributed by atoms with Crippen LogP contribution in [0.3, 0.4) is 0 Å². The van der Waals surface area contributed by atoms with Gasteiger partial charge in [-0.3, -0.25) is 0 Å². The normalized spacial score (nSPS) is 11.7. The van der Waals surface area contributed by atoms with Crippen molar-refractivity contribution < 1.29 is 0 Å². The summed E-state index contributed by atoms with van der Waals surface area (Å²) in [5.41, 5.74) is 1.52. The first-order valence-corrected chi connectivity index (χ1v) is 5.97. The standard InChI is InChI=1S/C12H19BrN2/c1-12(2,8-15-9-14-3)10-4-6-11(13)7-5-10/h4-7,14-15H,8-9H2,1-3H3. The van der Waals surface area contributed by atoms with E-state index in [1.165, 1.54) is 5.56 Å². The van der Waals surface area contributed by atoms with Crippen molar-refractivity contribution in [2.24, 2.45) is 0 Å². The van der Waals surface area contributed by atoms with E-state index in [0.29, 0.717) is 0 Å². The Bertz CT molecular complexity index is 293. The summed E-state index contributed by atoms with van der Waals surface area (Å²) >= 11 is 3.45. The van der Waals surface area contributed by atoms with Gasteiger partial charge < -0.3 is 10.6 Å². The molecule has 0 aliphatic heterocycles. The van der Waals surface area contributed by atoms with Crippen LogP contribution in [0.4, 0.5) is 0 Å². The van der Waals surface area contributed by atoms with E-state index in [0.717, 1.165) is 17.7 Å². The predicted molar refractivity (Wildman–Crippen MR) is 69.1 cm³/mol. The van der Waals surface area contributed by atoms with Gasteiger partial charge in [0.15, 0.2) is 0 Å². The lowest BCUT2D eigenvalue weighted by Crippen LogP contribution is -2.37. The van der Waals surface area contributed by atoms with E-state index in [2.05, 4.69) is 64.7 Å². The fourth-order valence-corrected chi connectivity index (χ4v) is 1.77. The summed E-state index contributed by atoms with van der Waals surface area (Å²) in [6.45, 7) is 6.31. The van der Waals surface area contributed by atoms with E-state index < -0.39 is 0 Å². The molecule has 2 nitrogen and oxygen atoms in total. The minimum absolute atomic E-state index is 0.164. The van der Waals surface area contributed by atoms with Crippen molar-refractivity contribution in [1.82, 2.24) is 10.6 Å². The molecular weight excluding hydrogens is 252 g/mol. The van der Waals surface area contributed by atoms with Gasteiger partial charge in [-0.2, -0.15) is 0 Å². The Balaban J connectivity index is 2.63. The lowest BCUT2D eigenvalue weighted by atomic mass is 9.85. The van der Waals surface area contributed by atoms with Crippen LogP contribution in [-0.2, 0) is 5.41 Å². The summed E-state index contributed by atoms with van der Waals surface area (Å²) in [7, 11) is 1.94. The summed E-state index contributed by atoms with van der Waals surface area (Å²) in [5, 5.41) is 6.45. The Morgan fingerprint density at radius 1 is 1.20 bits per heavy atom. The number of hydrogen-bond donors (Lipinski definition) is 2. The van der Waals surface area contributed by atoms with E-state index in [1.807, 2.05) is 7.05 Å². The molecule has 1 aromatic rings. The van der Waals surface area contributed by atoms with Crippen LogP contribution in [0.2, 0.25) is 0 Å². The van der Waals surface area contributed by atoms with E-state index in [9.17, 15) is 0 Å². The molecule has 0 atom stereocenters.